The summed E-state index contributed by atoms with van der Waals surface area (Å²) in [6.45, 7) is 7.69. The fourth-order valence-corrected chi connectivity index (χ4v) is 7.61. The number of ether oxygens (including phenoxy) is 4. The van der Waals surface area contributed by atoms with E-state index in [2.05, 4.69) is 79.4 Å². The number of halogens is 1. The highest BCUT2D eigenvalue weighted by Crippen LogP contribution is 2.58. The van der Waals surface area contributed by atoms with Crippen LogP contribution in [-0.2, 0) is 15.8 Å². The van der Waals surface area contributed by atoms with Gasteiger partial charge in [0.05, 0.1) is 27.4 Å². The molecule has 0 amide bonds. The molecule has 0 bridgehead atoms. The molecule has 5 nitrogen and oxygen atoms in total. The molecule has 2 heterocycles. The van der Waals surface area contributed by atoms with E-state index in [1.165, 1.54) is 34.4 Å². The zero-order valence-corrected chi connectivity index (χ0v) is 26.5. The number of fused-ring (bicyclic) bond motifs is 8. The first-order valence-electron chi connectivity index (χ1n) is 15.8. The molecule has 232 valence electrons. The molecule has 1 fully saturated rings. The summed E-state index contributed by atoms with van der Waals surface area (Å²) in [6, 6.07) is 27.8. The summed E-state index contributed by atoms with van der Waals surface area (Å²) in [5.41, 5.74) is 7.51. The molecule has 8 rings (SSSR count). The van der Waals surface area contributed by atoms with Gasteiger partial charge in [-0.25, -0.2) is 4.39 Å². The predicted octanol–water partition coefficient (Wildman–Crippen LogP) is 8.49. The molecule has 0 saturated carbocycles. The maximum Gasteiger partial charge on any atom is 0.178 e. The van der Waals surface area contributed by atoms with Crippen molar-refractivity contribution in [2.45, 2.75) is 24.9 Å². The first-order valence-corrected chi connectivity index (χ1v) is 15.8. The summed E-state index contributed by atoms with van der Waals surface area (Å²) < 4.78 is 38.6. The standard InChI is InChI=1S/C40H36FNO4/c1-39(2)35-24-30(44-4)14-16-32(35)36-31-15-13-29(43-3)23-34(31)38-33(37(36)39)17-18-40(46-38,25-5-9-27(41)10-6-25)26-7-11-28(12-8-26)42-19-21-45-22-20-42/h5-18,23-24H,19-22H2,1-4H3. The van der Waals surface area contributed by atoms with E-state index in [1.807, 2.05) is 24.3 Å². The van der Waals surface area contributed by atoms with Gasteiger partial charge in [-0.05, 0) is 88.3 Å². The molecular formula is C40H36FNO4. The molecule has 5 aromatic carbocycles. The van der Waals surface area contributed by atoms with E-state index in [0.717, 1.165) is 76.7 Å². The highest BCUT2D eigenvalue weighted by atomic mass is 19.1. The van der Waals surface area contributed by atoms with Crippen LogP contribution in [0.1, 0.15) is 41.7 Å². The monoisotopic (exact) mass is 613 g/mol. The van der Waals surface area contributed by atoms with Crippen molar-refractivity contribution in [3.05, 3.63) is 125 Å². The molecule has 0 spiro atoms. The molecule has 5 aromatic rings. The molecular weight excluding hydrogens is 577 g/mol. The van der Waals surface area contributed by atoms with Gasteiger partial charge < -0.3 is 23.8 Å². The summed E-state index contributed by atoms with van der Waals surface area (Å²) in [7, 11) is 3.39. The van der Waals surface area contributed by atoms with Gasteiger partial charge in [0.2, 0.25) is 0 Å². The Morgan fingerprint density at radius 2 is 1.41 bits per heavy atom. The molecule has 1 aliphatic carbocycles. The zero-order chi connectivity index (χ0) is 31.6. The maximum absolute atomic E-state index is 14.3. The number of methoxy groups -OCH3 is 2. The number of anilines is 1. The van der Waals surface area contributed by atoms with Crippen LogP contribution in [0.3, 0.4) is 0 Å². The van der Waals surface area contributed by atoms with Crippen molar-refractivity contribution in [3.63, 3.8) is 0 Å². The first-order chi connectivity index (χ1) is 22.3. The zero-order valence-electron chi connectivity index (χ0n) is 26.5. The van der Waals surface area contributed by atoms with Crippen molar-refractivity contribution in [3.8, 4) is 28.4 Å². The number of morpholine rings is 1. The van der Waals surface area contributed by atoms with Gasteiger partial charge in [0.15, 0.2) is 5.60 Å². The van der Waals surface area contributed by atoms with E-state index < -0.39 is 5.60 Å². The van der Waals surface area contributed by atoms with Gasteiger partial charge in [-0.2, -0.15) is 0 Å². The van der Waals surface area contributed by atoms with Crippen LogP contribution in [0.15, 0.2) is 91.0 Å². The maximum atomic E-state index is 14.3. The van der Waals surface area contributed by atoms with E-state index in [1.54, 1.807) is 14.2 Å². The number of hydrogen-bond donors (Lipinski definition) is 0. The Kier molecular flexibility index (Phi) is 6.62. The van der Waals surface area contributed by atoms with Crippen LogP contribution in [0.2, 0.25) is 0 Å². The molecule has 46 heavy (non-hydrogen) atoms. The predicted molar refractivity (Wildman–Crippen MR) is 181 cm³/mol. The third-order valence-electron chi connectivity index (χ3n) is 9.99. The Hall–Kier alpha value is -4.81. The Bertz CT molecular complexity index is 2010. The highest BCUT2D eigenvalue weighted by molar-refractivity contribution is 6.09. The summed E-state index contributed by atoms with van der Waals surface area (Å²) in [5.74, 6) is 2.08. The average Bonchev–Trinajstić information content (AvgIpc) is 3.34. The molecule has 0 radical (unpaired) electrons. The van der Waals surface area contributed by atoms with E-state index in [0.29, 0.717) is 0 Å². The van der Waals surface area contributed by atoms with Gasteiger partial charge in [0.25, 0.3) is 0 Å². The SMILES string of the molecule is COc1ccc2c(c1)C(C)(C)c1c3c(c4cc(OC)ccc4c1-2)OC(c1ccc(F)cc1)(c1ccc(N2CCOCC2)cc1)C=C3. The summed E-state index contributed by atoms with van der Waals surface area (Å²) >= 11 is 0. The average molecular weight is 614 g/mol. The molecule has 2 aliphatic heterocycles. The third kappa shape index (κ3) is 4.23. The topological polar surface area (TPSA) is 40.2 Å². The largest absolute Gasteiger partial charge is 0.497 e. The van der Waals surface area contributed by atoms with Gasteiger partial charge in [-0.15, -0.1) is 0 Å². The van der Waals surface area contributed by atoms with Crippen molar-refractivity contribution < 1.29 is 23.3 Å². The fourth-order valence-electron chi connectivity index (χ4n) is 7.61. The molecule has 1 unspecified atom stereocenters. The van der Waals surface area contributed by atoms with E-state index in [4.69, 9.17) is 18.9 Å². The quantitative estimate of drug-likeness (QED) is 0.199. The highest BCUT2D eigenvalue weighted by Gasteiger charge is 2.44. The van der Waals surface area contributed by atoms with Crippen LogP contribution < -0.4 is 19.1 Å². The van der Waals surface area contributed by atoms with Crippen LogP contribution in [0.4, 0.5) is 10.1 Å². The van der Waals surface area contributed by atoms with Gasteiger partial charge in [-0.3, -0.25) is 0 Å². The second-order valence-electron chi connectivity index (χ2n) is 12.8. The summed E-state index contributed by atoms with van der Waals surface area (Å²) in [6.07, 6.45) is 4.35. The van der Waals surface area contributed by atoms with Crippen molar-refractivity contribution >= 4 is 22.5 Å². The van der Waals surface area contributed by atoms with Crippen LogP contribution in [0.5, 0.6) is 17.2 Å². The minimum Gasteiger partial charge on any atom is -0.497 e. The first kappa shape index (κ1) is 28.6. The number of rotatable bonds is 5. The van der Waals surface area contributed by atoms with Crippen LogP contribution in [0, 0.1) is 5.82 Å². The van der Waals surface area contributed by atoms with E-state index >= 15 is 0 Å². The minimum atomic E-state index is -0.993. The molecule has 0 N–H and O–H groups in total. The second kappa shape index (κ2) is 10.6. The normalized spacial score (nSPS) is 19.3. The van der Waals surface area contributed by atoms with E-state index in [9.17, 15) is 4.39 Å². The molecule has 3 aliphatic rings. The number of hydrogen-bond acceptors (Lipinski definition) is 5. The van der Waals surface area contributed by atoms with Crippen LogP contribution in [-0.4, -0.2) is 40.5 Å². The molecule has 1 atom stereocenters. The molecule has 1 saturated heterocycles. The van der Waals surface area contributed by atoms with Crippen LogP contribution in [0.25, 0.3) is 28.0 Å². The Balaban J connectivity index is 1.37. The second-order valence-corrected chi connectivity index (χ2v) is 12.8. The lowest BCUT2D eigenvalue weighted by atomic mass is 9.76. The van der Waals surface area contributed by atoms with Gasteiger partial charge in [0.1, 0.15) is 23.1 Å². The van der Waals surface area contributed by atoms with Crippen molar-refractivity contribution in [2.75, 3.05) is 45.4 Å². The minimum absolute atomic E-state index is 0.287. The summed E-state index contributed by atoms with van der Waals surface area (Å²) in [4.78, 5) is 2.34. The van der Waals surface area contributed by atoms with E-state index in [-0.39, 0.29) is 11.2 Å². The Morgan fingerprint density at radius 3 is 2.11 bits per heavy atom. The van der Waals surface area contributed by atoms with Crippen molar-refractivity contribution in [1.29, 1.82) is 0 Å². The van der Waals surface area contributed by atoms with Crippen LogP contribution >= 0.6 is 0 Å². The fraction of sp³-hybridized carbons (Fsp3) is 0.250. The molecule has 0 aromatic heterocycles. The smallest absolute Gasteiger partial charge is 0.178 e. The van der Waals surface area contributed by atoms with Gasteiger partial charge in [-0.1, -0.05) is 50.3 Å². The molecule has 6 heteroatoms. The van der Waals surface area contributed by atoms with Gasteiger partial charge in [0, 0.05) is 46.3 Å². The van der Waals surface area contributed by atoms with Crippen molar-refractivity contribution in [1.82, 2.24) is 0 Å². The number of nitrogens with zero attached hydrogens (tertiary/aromatic N) is 1. The number of benzene rings is 5. The van der Waals surface area contributed by atoms with Crippen molar-refractivity contribution in [2.24, 2.45) is 0 Å². The third-order valence-corrected chi connectivity index (χ3v) is 9.99. The van der Waals surface area contributed by atoms with Gasteiger partial charge >= 0.3 is 0 Å². The Labute approximate surface area is 268 Å². The lowest BCUT2D eigenvalue weighted by molar-refractivity contribution is 0.122. The lowest BCUT2D eigenvalue weighted by Gasteiger charge is -2.38. The Morgan fingerprint density at radius 1 is 0.761 bits per heavy atom. The summed E-state index contributed by atoms with van der Waals surface area (Å²) in [5, 5.41) is 2.06. The lowest BCUT2D eigenvalue weighted by Crippen LogP contribution is -2.37.